The van der Waals surface area contributed by atoms with Crippen LogP contribution in [0.1, 0.15) is 70.9 Å². The van der Waals surface area contributed by atoms with Crippen LogP contribution >= 0.6 is 11.6 Å². The summed E-state index contributed by atoms with van der Waals surface area (Å²) in [4.78, 5) is 13.6. The van der Waals surface area contributed by atoms with Crippen LogP contribution in [0.3, 0.4) is 0 Å². The minimum Gasteiger partial charge on any atom is -0.487 e. The molecule has 5 heteroatoms. The summed E-state index contributed by atoms with van der Waals surface area (Å²) in [6.45, 7) is 8.76. The molecule has 35 heavy (non-hydrogen) atoms. The molecular formula is C30H33ClN2O2. The summed E-state index contributed by atoms with van der Waals surface area (Å²) in [5.41, 5.74) is 5.77. The zero-order chi connectivity index (χ0) is 25.4. The number of nitrogens with one attached hydrogen (secondary N) is 1. The van der Waals surface area contributed by atoms with Gasteiger partial charge in [0.15, 0.2) is 0 Å². The molecule has 1 atom stereocenters. The van der Waals surface area contributed by atoms with Gasteiger partial charge in [0, 0.05) is 12.0 Å². The van der Waals surface area contributed by atoms with E-state index in [1.165, 1.54) is 11.1 Å². The fourth-order valence-corrected chi connectivity index (χ4v) is 4.44. The number of carbonyl (C=O) groups excluding carboxylic acids is 1. The van der Waals surface area contributed by atoms with Crippen LogP contribution in [0.15, 0.2) is 60.7 Å². The lowest BCUT2D eigenvalue weighted by Gasteiger charge is -2.23. The maximum Gasteiger partial charge on any atom is 0.252 e. The van der Waals surface area contributed by atoms with Crippen molar-refractivity contribution in [2.24, 2.45) is 5.92 Å². The predicted octanol–water partition coefficient (Wildman–Crippen LogP) is 7.51. The molecule has 0 aromatic heterocycles. The molecule has 3 aromatic rings. The van der Waals surface area contributed by atoms with Crippen molar-refractivity contribution in [3.8, 4) is 11.8 Å². The third-order valence-electron chi connectivity index (χ3n) is 5.81. The summed E-state index contributed by atoms with van der Waals surface area (Å²) in [6, 6.07) is 21.6. The molecule has 3 aromatic carbocycles. The van der Waals surface area contributed by atoms with Crippen LogP contribution in [0.5, 0.6) is 5.75 Å². The lowest BCUT2D eigenvalue weighted by Crippen LogP contribution is -2.30. The van der Waals surface area contributed by atoms with Gasteiger partial charge >= 0.3 is 0 Å². The Morgan fingerprint density at radius 3 is 2.43 bits per heavy atom. The van der Waals surface area contributed by atoms with E-state index in [2.05, 4.69) is 57.3 Å². The highest BCUT2D eigenvalue weighted by Gasteiger charge is 2.20. The molecule has 4 nitrogen and oxygen atoms in total. The first-order valence-corrected chi connectivity index (χ1v) is 12.4. The van der Waals surface area contributed by atoms with E-state index in [1.54, 1.807) is 6.07 Å². The second kappa shape index (κ2) is 12.4. The van der Waals surface area contributed by atoms with Gasteiger partial charge in [-0.3, -0.25) is 4.79 Å². The second-order valence-corrected chi connectivity index (χ2v) is 9.85. The molecule has 182 valence electrons. The van der Waals surface area contributed by atoms with Crippen LogP contribution in [0.2, 0.25) is 5.02 Å². The number of ether oxygens (including phenoxy) is 1. The second-order valence-electron chi connectivity index (χ2n) is 9.45. The third kappa shape index (κ3) is 7.60. The van der Waals surface area contributed by atoms with Gasteiger partial charge in [0.1, 0.15) is 12.4 Å². The van der Waals surface area contributed by atoms with Crippen molar-refractivity contribution >= 4 is 17.5 Å². The van der Waals surface area contributed by atoms with Crippen LogP contribution in [0.25, 0.3) is 0 Å². The van der Waals surface area contributed by atoms with Gasteiger partial charge < -0.3 is 10.1 Å². The molecule has 0 heterocycles. The zero-order valence-electron chi connectivity index (χ0n) is 20.9. The van der Waals surface area contributed by atoms with Gasteiger partial charge in [0.2, 0.25) is 0 Å². The summed E-state index contributed by atoms with van der Waals surface area (Å²) < 4.78 is 5.89. The SMILES string of the molecule is Cc1cc(C)cc(C(CC(C)C)NC(=O)c2cc(COc3ccccc3Cl)ccc2CCC#N)c1. The number of benzene rings is 3. The van der Waals surface area contributed by atoms with Crippen molar-refractivity contribution in [3.63, 3.8) is 0 Å². The predicted molar refractivity (Wildman–Crippen MR) is 142 cm³/mol. The van der Waals surface area contributed by atoms with Crippen molar-refractivity contribution < 1.29 is 9.53 Å². The number of nitriles is 1. The maximum atomic E-state index is 13.6. The summed E-state index contributed by atoms with van der Waals surface area (Å²) in [5.74, 6) is 0.873. The standard InChI is InChI=1S/C30H33ClN2O2/c1-20(2)14-28(25-16-21(3)15-22(4)17-25)33-30(34)26-18-23(11-12-24(26)8-7-13-32)19-35-29-10-6-5-9-27(29)31/h5-6,9-12,15-18,20,28H,7-8,14,19H2,1-4H3,(H,33,34). The Bertz CT molecular complexity index is 1190. The van der Waals surface area contributed by atoms with Gasteiger partial charge in [-0.05, 0) is 67.5 Å². The molecule has 3 rings (SSSR count). The van der Waals surface area contributed by atoms with Crippen LogP contribution in [0, 0.1) is 31.1 Å². The first kappa shape index (κ1) is 26.3. The van der Waals surface area contributed by atoms with Crippen molar-refractivity contribution in [2.45, 2.75) is 59.6 Å². The van der Waals surface area contributed by atoms with E-state index in [1.807, 2.05) is 36.4 Å². The zero-order valence-corrected chi connectivity index (χ0v) is 21.7. The van der Waals surface area contributed by atoms with E-state index in [4.69, 9.17) is 21.6 Å². The quantitative estimate of drug-likeness (QED) is 0.321. The van der Waals surface area contributed by atoms with E-state index < -0.39 is 0 Å². The molecule has 0 bridgehead atoms. The van der Waals surface area contributed by atoms with Crippen LogP contribution in [0.4, 0.5) is 0 Å². The Hall–Kier alpha value is -3.29. The normalized spacial score (nSPS) is 11.7. The minimum atomic E-state index is -0.137. The number of nitrogens with zero attached hydrogens (tertiary/aromatic N) is 1. The summed E-state index contributed by atoms with van der Waals surface area (Å²) in [6.07, 6.45) is 1.70. The molecular weight excluding hydrogens is 456 g/mol. The van der Waals surface area contributed by atoms with Gasteiger partial charge in [0.05, 0.1) is 17.1 Å². The van der Waals surface area contributed by atoms with E-state index >= 15 is 0 Å². The third-order valence-corrected chi connectivity index (χ3v) is 6.13. The highest BCUT2D eigenvalue weighted by molar-refractivity contribution is 6.32. The van der Waals surface area contributed by atoms with Gasteiger partial charge in [-0.2, -0.15) is 5.26 Å². The molecule has 1 amide bonds. The van der Waals surface area contributed by atoms with Gasteiger partial charge in [-0.15, -0.1) is 0 Å². The van der Waals surface area contributed by atoms with E-state index in [-0.39, 0.29) is 18.6 Å². The highest BCUT2D eigenvalue weighted by Crippen LogP contribution is 2.27. The molecule has 0 radical (unpaired) electrons. The highest BCUT2D eigenvalue weighted by atomic mass is 35.5. The summed E-state index contributed by atoms with van der Waals surface area (Å²) in [5, 5.41) is 12.9. The Balaban J connectivity index is 1.88. The van der Waals surface area contributed by atoms with E-state index in [9.17, 15) is 4.79 Å². The van der Waals surface area contributed by atoms with Gasteiger partial charge in [-0.25, -0.2) is 0 Å². The van der Waals surface area contributed by atoms with E-state index in [0.717, 1.165) is 23.1 Å². The van der Waals surface area contributed by atoms with Crippen molar-refractivity contribution in [1.82, 2.24) is 5.32 Å². The molecule has 0 spiro atoms. The number of aryl methyl sites for hydroxylation is 3. The lowest BCUT2D eigenvalue weighted by molar-refractivity contribution is 0.0930. The fourth-order valence-electron chi connectivity index (χ4n) is 4.25. The summed E-state index contributed by atoms with van der Waals surface area (Å²) >= 11 is 6.21. The average Bonchev–Trinajstić information content (AvgIpc) is 2.81. The maximum absolute atomic E-state index is 13.6. The molecule has 0 aliphatic heterocycles. The lowest BCUT2D eigenvalue weighted by atomic mass is 9.93. The Labute approximate surface area is 213 Å². The molecule has 0 fully saturated rings. The van der Waals surface area contributed by atoms with Gasteiger partial charge in [0.25, 0.3) is 5.91 Å². The Morgan fingerprint density at radius 2 is 1.77 bits per heavy atom. The van der Waals surface area contributed by atoms with Crippen LogP contribution < -0.4 is 10.1 Å². The number of hydrogen-bond acceptors (Lipinski definition) is 3. The number of carbonyl (C=O) groups is 1. The first-order valence-electron chi connectivity index (χ1n) is 12.0. The minimum absolute atomic E-state index is 0.104. The molecule has 1 unspecified atom stereocenters. The Morgan fingerprint density at radius 1 is 1.06 bits per heavy atom. The molecule has 0 aliphatic carbocycles. The molecule has 0 aliphatic rings. The number of rotatable bonds is 10. The van der Waals surface area contributed by atoms with Gasteiger partial charge in [-0.1, -0.05) is 79.0 Å². The molecule has 0 saturated heterocycles. The average molecular weight is 489 g/mol. The fraction of sp³-hybridized carbons (Fsp3) is 0.333. The largest absolute Gasteiger partial charge is 0.487 e. The number of amides is 1. The first-order chi connectivity index (χ1) is 16.8. The van der Waals surface area contributed by atoms with Crippen LogP contribution in [-0.4, -0.2) is 5.91 Å². The van der Waals surface area contributed by atoms with Crippen LogP contribution in [-0.2, 0) is 13.0 Å². The summed E-state index contributed by atoms with van der Waals surface area (Å²) in [7, 11) is 0. The number of hydrogen-bond donors (Lipinski definition) is 1. The Kier molecular flexibility index (Phi) is 9.34. The van der Waals surface area contributed by atoms with E-state index in [0.29, 0.717) is 35.1 Å². The molecule has 0 saturated carbocycles. The number of halogens is 1. The smallest absolute Gasteiger partial charge is 0.252 e. The molecule has 1 N–H and O–H groups in total. The van der Waals surface area contributed by atoms with Crippen molar-refractivity contribution in [3.05, 3.63) is 99.1 Å². The number of para-hydroxylation sites is 1. The van der Waals surface area contributed by atoms with Crippen molar-refractivity contribution in [1.29, 1.82) is 5.26 Å². The van der Waals surface area contributed by atoms with Crippen molar-refractivity contribution in [2.75, 3.05) is 0 Å². The topological polar surface area (TPSA) is 62.1 Å². The monoisotopic (exact) mass is 488 g/mol.